The summed E-state index contributed by atoms with van der Waals surface area (Å²) in [5.41, 5.74) is 5.38. The summed E-state index contributed by atoms with van der Waals surface area (Å²) in [6, 6.07) is -2.26. The maximum absolute atomic E-state index is 12.7. The number of esters is 1. The maximum atomic E-state index is 12.7. The molecule has 0 radical (unpaired) electrons. The standard InChI is InChI=1S/C18H30N2O6/c1-17(2)10-5-6-18(3,8-10)16(17)26-15(24)12(9-25-4)20-14(23)11(19)7-13(21)22/h10-12,16H,5-9,19H2,1-4H3,(H,20,23)(H,21,22)/t10?,11-,12+,16?,18?/m0/s1. The average molecular weight is 370 g/mol. The van der Waals surface area contributed by atoms with Gasteiger partial charge in [-0.05, 0) is 25.2 Å². The first kappa shape index (κ1) is 20.6. The molecular formula is C18H30N2O6. The molecule has 2 saturated carbocycles. The number of fused-ring (bicyclic) bond motifs is 2. The zero-order valence-corrected chi connectivity index (χ0v) is 15.9. The molecule has 148 valence electrons. The summed E-state index contributed by atoms with van der Waals surface area (Å²) >= 11 is 0. The van der Waals surface area contributed by atoms with Gasteiger partial charge in [-0.1, -0.05) is 20.8 Å². The molecular weight excluding hydrogens is 340 g/mol. The molecule has 2 rings (SSSR count). The Morgan fingerprint density at radius 1 is 1.31 bits per heavy atom. The van der Waals surface area contributed by atoms with Crippen molar-refractivity contribution in [3.05, 3.63) is 0 Å². The normalized spacial score (nSPS) is 31.3. The SMILES string of the molecule is COC[C@@H](NC(=O)[C@@H](N)CC(=O)O)C(=O)OC1C2(C)CCC(C2)C1(C)C. The van der Waals surface area contributed by atoms with Crippen molar-refractivity contribution in [2.75, 3.05) is 13.7 Å². The zero-order chi connectivity index (χ0) is 19.7. The highest BCUT2D eigenvalue weighted by atomic mass is 16.6. The van der Waals surface area contributed by atoms with Crippen molar-refractivity contribution in [3.63, 3.8) is 0 Å². The molecule has 1 amide bonds. The third-order valence-corrected chi connectivity index (χ3v) is 6.04. The highest BCUT2D eigenvalue weighted by Gasteiger charge is 2.61. The minimum atomic E-state index is -1.24. The van der Waals surface area contributed by atoms with Crippen LogP contribution in [0.2, 0.25) is 0 Å². The van der Waals surface area contributed by atoms with Crippen LogP contribution < -0.4 is 11.1 Å². The van der Waals surface area contributed by atoms with E-state index < -0.39 is 36.4 Å². The molecule has 0 aromatic rings. The predicted octanol–water partition coefficient (Wildman–Crippen LogP) is 0.678. The van der Waals surface area contributed by atoms with Crippen LogP contribution in [0.4, 0.5) is 0 Å². The number of carboxylic acids is 1. The Labute approximate surface area is 153 Å². The van der Waals surface area contributed by atoms with Crippen molar-refractivity contribution in [2.24, 2.45) is 22.5 Å². The van der Waals surface area contributed by atoms with Crippen LogP contribution in [0.3, 0.4) is 0 Å². The minimum absolute atomic E-state index is 0.0504. The smallest absolute Gasteiger partial charge is 0.331 e. The number of hydrogen-bond donors (Lipinski definition) is 3. The fraction of sp³-hybridized carbons (Fsp3) is 0.833. The molecule has 2 bridgehead atoms. The number of rotatable bonds is 8. The van der Waals surface area contributed by atoms with Crippen LogP contribution in [-0.4, -0.2) is 54.9 Å². The van der Waals surface area contributed by atoms with Crippen LogP contribution in [0.15, 0.2) is 0 Å². The van der Waals surface area contributed by atoms with E-state index in [2.05, 4.69) is 26.1 Å². The first-order valence-electron chi connectivity index (χ1n) is 8.98. The monoisotopic (exact) mass is 370 g/mol. The molecule has 0 aromatic carbocycles. The van der Waals surface area contributed by atoms with E-state index >= 15 is 0 Å². The molecule has 5 atom stereocenters. The molecule has 0 aromatic heterocycles. The second-order valence-electron chi connectivity index (χ2n) is 8.45. The van der Waals surface area contributed by atoms with Gasteiger partial charge >= 0.3 is 11.9 Å². The van der Waals surface area contributed by atoms with Gasteiger partial charge < -0.3 is 25.6 Å². The lowest BCUT2D eigenvalue weighted by Crippen LogP contribution is -2.53. The molecule has 0 heterocycles. The number of aliphatic carboxylic acids is 1. The van der Waals surface area contributed by atoms with E-state index in [-0.39, 0.29) is 23.5 Å². The topological polar surface area (TPSA) is 128 Å². The lowest BCUT2D eigenvalue weighted by molar-refractivity contribution is -0.169. The van der Waals surface area contributed by atoms with E-state index in [4.69, 9.17) is 20.3 Å². The fourth-order valence-corrected chi connectivity index (χ4v) is 4.64. The van der Waals surface area contributed by atoms with Gasteiger partial charge in [0.2, 0.25) is 5.91 Å². The number of nitrogens with two attached hydrogens (primary N) is 1. The number of ether oxygens (including phenoxy) is 2. The van der Waals surface area contributed by atoms with Gasteiger partial charge in [0.1, 0.15) is 6.10 Å². The molecule has 2 aliphatic rings. The number of methoxy groups -OCH3 is 1. The van der Waals surface area contributed by atoms with Gasteiger partial charge in [0.05, 0.1) is 19.1 Å². The summed E-state index contributed by atoms with van der Waals surface area (Å²) < 4.78 is 10.9. The Kier molecular flexibility index (Phi) is 5.97. The van der Waals surface area contributed by atoms with Gasteiger partial charge in [0.25, 0.3) is 0 Å². The van der Waals surface area contributed by atoms with E-state index in [9.17, 15) is 14.4 Å². The molecule has 2 fully saturated rings. The number of carboxylic acid groups (broad SMARTS) is 1. The highest BCUT2D eigenvalue weighted by Crippen LogP contribution is 2.63. The third-order valence-electron chi connectivity index (χ3n) is 6.04. The summed E-state index contributed by atoms with van der Waals surface area (Å²) in [4.78, 5) is 35.5. The van der Waals surface area contributed by atoms with Crippen LogP contribution in [0.1, 0.15) is 46.5 Å². The first-order chi connectivity index (χ1) is 12.0. The van der Waals surface area contributed by atoms with Crippen molar-refractivity contribution in [2.45, 2.75) is 64.6 Å². The Bertz CT molecular complexity index is 573. The average Bonchev–Trinajstić information content (AvgIpc) is 3.01. The number of hydrogen-bond acceptors (Lipinski definition) is 6. The van der Waals surface area contributed by atoms with E-state index in [0.717, 1.165) is 19.3 Å². The lowest BCUT2D eigenvalue weighted by Gasteiger charge is -2.42. The molecule has 2 aliphatic carbocycles. The molecule has 4 N–H and O–H groups in total. The highest BCUT2D eigenvalue weighted by molar-refractivity contribution is 5.89. The lowest BCUT2D eigenvalue weighted by atomic mass is 9.70. The Morgan fingerprint density at radius 2 is 1.96 bits per heavy atom. The van der Waals surface area contributed by atoms with Gasteiger partial charge in [-0.15, -0.1) is 0 Å². The van der Waals surface area contributed by atoms with Crippen LogP contribution in [0.5, 0.6) is 0 Å². The minimum Gasteiger partial charge on any atom is -0.481 e. The van der Waals surface area contributed by atoms with Crippen molar-refractivity contribution >= 4 is 17.8 Å². The number of carbonyl (C=O) groups excluding carboxylic acids is 2. The predicted molar refractivity (Wildman–Crippen MR) is 93.1 cm³/mol. The zero-order valence-electron chi connectivity index (χ0n) is 15.9. The van der Waals surface area contributed by atoms with E-state index in [1.165, 1.54) is 7.11 Å². The quantitative estimate of drug-likeness (QED) is 0.536. The summed E-state index contributed by atoms with van der Waals surface area (Å²) in [5.74, 6) is -1.96. The van der Waals surface area contributed by atoms with Crippen LogP contribution in [0, 0.1) is 16.7 Å². The molecule has 26 heavy (non-hydrogen) atoms. The Morgan fingerprint density at radius 3 is 2.46 bits per heavy atom. The molecule has 0 saturated heterocycles. The van der Waals surface area contributed by atoms with Crippen LogP contribution in [-0.2, 0) is 23.9 Å². The van der Waals surface area contributed by atoms with Gasteiger partial charge in [-0.2, -0.15) is 0 Å². The van der Waals surface area contributed by atoms with Crippen LogP contribution in [0.25, 0.3) is 0 Å². The van der Waals surface area contributed by atoms with Crippen molar-refractivity contribution in [3.8, 4) is 0 Å². The summed E-state index contributed by atoms with van der Waals surface area (Å²) in [7, 11) is 1.41. The van der Waals surface area contributed by atoms with E-state index in [1.54, 1.807) is 0 Å². The third kappa shape index (κ3) is 4.01. The van der Waals surface area contributed by atoms with Gasteiger partial charge in [-0.25, -0.2) is 4.79 Å². The fourth-order valence-electron chi connectivity index (χ4n) is 4.64. The number of nitrogens with one attached hydrogen (secondary N) is 1. The van der Waals surface area contributed by atoms with E-state index in [1.807, 2.05) is 0 Å². The maximum Gasteiger partial charge on any atom is 0.331 e. The summed E-state index contributed by atoms with van der Waals surface area (Å²) in [5, 5.41) is 11.2. The van der Waals surface area contributed by atoms with Gasteiger partial charge in [0, 0.05) is 17.9 Å². The van der Waals surface area contributed by atoms with Crippen molar-refractivity contribution < 1.29 is 29.0 Å². The Hall–Kier alpha value is -1.67. The van der Waals surface area contributed by atoms with Crippen LogP contribution >= 0.6 is 0 Å². The second-order valence-corrected chi connectivity index (χ2v) is 8.45. The van der Waals surface area contributed by atoms with Crippen molar-refractivity contribution in [1.29, 1.82) is 0 Å². The molecule has 8 nitrogen and oxygen atoms in total. The number of amides is 1. The van der Waals surface area contributed by atoms with E-state index in [0.29, 0.717) is 5.92 Å². The van der Waals surface area contributed by atoms with Gasteiger partial charge in [0.15, 0.2) is 6.04 Å². The summed E-state index contributed by atoms with van der Waals surface area (Å²) in [6.45, 7) is 6.31. The van der Waals surface area contributed by atoms with Crippen molar-refractivity contribution in [1.82, 2.24) is 5.32 Å². The number of carbonyl (C=O) groups is 3. The first-order valence-corrected chi connectivity index (χ1v) is 8.98. The Balaban J connectivity index is 2.04. The largest absolute Gasteiger partial charge is 0.481 e. The molecule has 0 aliphatic heterocycles. The van der Waals surface area contributed by atoms with Gasteiger partial charge in [-0.3, -0.25) is 9.59 Å². The molecule has 3 unspecified atom stereocenters. The molecule has 0 spiro atoms. The summed E-state index contributed by atoms with van der Waals surface area (Å²) in [6.07, 6.45) is 2.44. The second kappa shape index (κ2) is 7.52. The molecule has 8 heteroatoms.